The molecule has 0 spiro atoms. The quantitative estimate of drug-likeness (QED) is 0.798. The van der Waals surface area contributed by atoms with Gasteiger partial charge in [-0.1, -0.05) is 18.2 Å². The zero-order chi connectivity index (χ0) is 17.4. The minimum absolute atomic E-state index is 0.391. The molecule has 6 heteroatoms. The summed E-state index contributed by atoms with van der Waals surface area (Å²) >= 11 is 0. The van der Waals surface area contributed by atoms with Gasteiger partial charge in [0.15, 0.2) is 6.10 Å². The lowest BCUT2D eigenvalue weighted by molar-refractivity contribution is -0.128. The van der Waals surface area contributed by atoms with Gasteiger partial charge in [-0.15, -0.1) is 0 Å². The van der Waals surface area contributed by atoms with Gasteiger partial charge in [-0.3, -0.25) is 20.4 Å². The third-order valence-corrected chi connectivity index (χ3v) is 3.15. The number of carbonyl (C=O) groups excluding carboxylic acids is 2. The van der Waals surface area contributed by atoms with Crippen LogP contribution in [0.2, 0.25) is 0 Å². The summed E-state index contributed by atoms with van der Waals surface area (Å²) in [5.41, 5.74) is 5.15. The van der Waals surface area contributed by atoms with E-state index in [1.807, 2.05) is 13.0 Å². The molecule has 0 heterocycles. The molecule has 2 amide bonds. The van der Waals surface area contributed by atoms with E-state index in [0.29, 0.717) is 17.9 Å². The summed E-state index contributed by atoms with van der Waals surface area (Å²) in [5, 5.41) is 0. The van der Waals surface area contributed by atoms with Gasteiger partial charge in [-0.25, -0.2) is 0 Å². The fraction of sp³-hybridized carbons (Fsp3) is 0.222. The van der Waals surface area contributed by atoms with Crippen molar-refractivity contribution < 1.29 is 19.1 Å². The van der Waals surface area contributed by atoms with Crippen LogP contribution in [0.4, 0.5) is 0 Å². The monoisotopic (exact) mass is 328 g/mol. The van der Waals surface area contributed by atoms with E-state index in [1.165, 1.54) is 0 Å². The first-order valence-corrected chi connectivity index (χ1v) is 7.65. The molecule has 126 valence electrons. The normalized spacial score (nSPS) is 11.2. The van der Waals surface area contributed by atoms with E-state index in [1.54, 1.807) is 55.5 Å². The van der Waals surface area contributed by atoms with Crippen LogP contribution in [0, 0.1) is 0 Å². The minimum Gasteiger partial charge on any atom is -0.494 e. The summed E-state index contributed by atoms with van der Waals surface area (Å²) in [6.45, 7) is 4.08. The number of benzene rings is 2. The van der Waals surface area contributed by atoms with Crippen molar-refractivity contribution >= 4 is 11.8 Å². The Hall–Kier alpha value is -3.02. The molecule has 1 atom stereocenters. The SMILES string of the molecule is CCOc1ccc(OC(C)C(=O)NNC(=O)c2ccccc2)cc1. The van der Waals surface area contributed by atoms with E-state index < -0.39 is 17.9 Å². The summed E-state index contributed by atoms with van der Waals surface area (Å²) in [7, 11) is 0. The highest BCUT2D eigenvalue weighted by molar-refractivity contribution is 5.95. The second kappa shape index (κ2) is 8.57. The molecule has 0 saturated heterocycles. The Balaban J connectivity index is 1.82. The Morgan fingerprint density at radius 1 is 0.958 bits per heavy atom. The highest BCUT2D eigenvalue weighted by atomic mass is 16.5. The Kier molecular flexibility index (Phi) is 6.19. The lowest BCUT2D eigenvalue weighted by Crippen LogP contribution is -2.47. The highest BCUT2D eigenvalue weighted by Gasteiger charge is 2.15. The second-order valence-electron chi connectivity index (χ2n) is 4.97. The molecular weight excluding hydrogens is 308 g/mol. The van der Waals surface area contributed by atoms with Crippen LogP contribution in [0.25, 0.3) is 0 Å². The molecule has 0 saturated carbocycles. The molecule has 0 bridgehead atoms. The van der Waals surface area contributed by atoms with E-state index in [4.69, 9.17) is 9.47 Å². The highest BCUT2D eigenvalue weighted by Crippen LogP contribution is 2.18. The minimum atomic E-state index is -0.765. The van der Waals surface area contributed by atoms with Crippen molar-refractivity contribution in [2.45, 2.75) is 20.0 Å². The Morgan fingerprint density at radius 2 is 1.58 bits per heavy atom. The molecule has 0 aliphatic heterocycles. The van der Waals surface area contributed by atoms with Crippen molar-refractivity contribution in [1.82, 2.24) is 10.9 Å². The number of amides is 2. The van der Waals surface area contributed by atoms with E-state index >= 15 is 0 Å². The van der Waals surface area contributed by atoms with Crippen LogP contribution < -0.4 is 20.3 Å². The van der Waals surface area contributed by atoms with E-state index in [-0.39, 0.29) is 0 Å². The molecule has 6 nitrogen and oxygen atoms in total. The topological polar surface area (TPSA) is 76.7 Å². The van der Waals surface area contributed by atoms with E-state index in [9.17, 15) is 9.59 Å². The van der Waals surface area contributed by atoms with Gasteiger partial charge < -0.3 is 9.47 Å². The van der Waals surface area contributed by atoms with Crippen molar-refractivity contribution in [3.8, 4) is 11.5 Å². The van der Waals surface area contributed by atoms with Crippen LogP contribution >= 0.6 is 0 Å². The lowest BCUT2D eigenvalue weighted by Gasteiger charge is -2.15. The molecule has 2 aromatic carbocycles. The zero-order valence-electron chi connectivity index (χ0n) is 13.6. The molecule has 0 aromatic heterocycles. The predicted octanol–water partition coefficient (Wildman–Crippen LogP) is 2.31. The van der Waals surface area contributed by atoms with Gasteiger partial charge in [0.05, 0.1) is 6.61 Å². The van der Waals surface area contributed by atoms with Crippen LogP contribution in [0.3, 0.4) is 0 Å². The van der Waals surface area contributed by atoms with Gasteiger partial charge in [-0.05, 0) is 50.2 Å². The fourth-order valence-electron chi connectivity index (χ4n) is 1.92. The average molecular weight is 328 g/mol. The third kappa shape index (κ3) is 5.01. The molecule has 2 N–H and O–H groups in total. The molecular formula is C18H20N2O4. The zero-order valence-corrected chi connectivity index (χ0v) is 13.6. The standard InChI is InChI=1S/C18H20N2O4/c1-3-23-15-9-11-16(12-10-15)24-13(2)17(21)19-20-18(22)14-7-5-4-6-8-14/h4-13H,3H2,1-2H3,(H,19,21)(H,20,22). The lowest BCUT2D eigenvalue weighted by atomic mass is 10.2. The largest absolute Gasteiger partial charge is 0.494 e. The number of rotatable bonds is 6. The second-order valence-corrected chi connectivity index (χ2v) is 4.97. The van der Waals surface area contributed by atoms with Crippen LogP contribution in [0.15, 0.2) is 54.6 Å². The van der Waals surface area contributed by atoms with Gasteiger partial charge in [0.1, 0.15) is 11.5 Å². The van der Waals surface area contributed by atoms with Gasteiger partial charge >= 0.3 is 0 Å². The molecule has 1 unspecified atom stereocenters. The molecule has 0 radical (unpaired) electrons. The summed E-state index contributed by atoms with van der Waals surface area (Å²) < 4.78 is 10.9. The maximum Gasteiger partial charge on any atom is 0.279 e. The van der Waals surface area contributed by atoms with Crippen molar-refractivity contribution in [1.29, 1.82) is 0 Å². The predicted molar refractivity (Wildman–Crippen MR) is 89.8 cm³/mol. The first-order chi connectivity index (χ1) is 11.6. The first kappa shape index (κ1) is 17.3. The summed E-state index contributed by atoms with van der Waals surface area (Å²) in [6.07, 6.45) is -0.765. The number of carbonyl (C=O) groups is 2. The molecule has 24 heavy (non-hydrogen) atoms. The number of nitrogens with one attached hydrogen (secondary N) is 2. The molecule has 2 rings (SSSR count). The van der Waals surface area contributed by atoms with Crippen molar-refractivity contribution in [2.24, 2.45) is 0 Å². The maximum atomic E-state index is 12.0. The molecule has 2 aromatic rings. The summed E-state index contributed by atoms with van der Waals surface area (Å²) in [5.74, 6) is 0.429. The molecule has 0 fully saturated rings. The molecule has 0 aliphatic rings. The van der Waals surface area contributed by atoms with Crippen LogP contribution in [0.5, 0.6) is 11.5 Å². The number of hydrogen-bond acceptors (Lipinski definition) is 4. The van der Waals surface area contributed by atoms with Crippen LogP contribution in [-0.2, 0) is 4.79 Å². The van der Waals surface area contributed by atoms with Crippen LogP contribution in [0.1, 0.15) is 24.2 Å². The smallest absolute Gasteiger partial charge is 0.279 e. The van der Waals surface area contributed by atoms with Crippen molar-refractivity contribution in [3.05, 3.63) is 60.2 Å². The van der Waals surface area contributed by atoms with Gasteiger partial charge in [0, 0.05) is 5.56 Å². The number of hydrazine groups is 1. The third-order valence-electron chi connectivity index (χ3n) is 3.15. The molecule has 0 aliphatic carbocycles. The average Bonchev–Trinajstić information content (AvgIpc) is 2.62. The van der Waals surface area contributed by atoms with Gasteiger partial charge in [0.25, 0.3) is 11.8 Å². The Labute approximate surface area is 140 Å². The van der Waals surface area contributed by atoms with Crippen molar-refractivity contribution in [2.75, 3.05) is 6.61 Å². The van der Waals surface area contributed by atoms with Gasteiger partial charge in [0.2, 0.25) is 0 Å². The van der Waals surface area contributed by atoms with Gasteiger partial charge in [-0.2, -0.15) is 0 Å². The number of ether oxygens (including phenoxy) is 2. The Morgan fingerprint density at radius 3 is 2.21 bits per heavy atom. The van der Waals surface area contributed by atoms with Crippen LogP contribution in [-0.4, -0.2) is 24.5 Å². The van der Waals surface area contributed by atoms with E-state index in [2.05, 4.69) is 10.9 Å². The maximum absolute atomic E-state index is 12.0. The van der Waals surface area contributed by atoms with E-state index in [0.717, 1.165) is 5.75 Å². The summed E-state index contributed by atoms with van der Waals surface area (Å²) in [4.78, 5) is 23.8. The fourth-order valence-corrected chi connectivity index (χ4v) is 1.92. The first-order valence-electron chi connectivity index (χ1n) is 7.65. The Bertz CT molecular complexity index is 671. The number of hydrogen-bond donors (Lipinski definition) is 2. The summed E-state index contributed by atoms with van der Waals surface area (Å²) in [6, 6.07) is 15.6. The van der Waals surface area contributed by atoms with Crippen molar-refractivity contribution in [3.63, 3.8) is 0 Å².